The molecule has 5 aromatic carbocycles. The van der Waals surface area contributed by atoms with Crippen molar-refractivity contribution in [2.45, 2.75) is 49.2 Å². The van der Waals surface area contributed by atoms with Crippen LogP contribution in [0.4, 0.5) is 30.7 Å². The van der Waals surface area contributed by atoms with Gasteiger partial charge in [0.2, 0.25) is 5.60 Å². The Morgan fingerprint density at radius 1 is 0.631 bits per heavy atom. The molecule has 7 rings (SSSR count). The summed E-state index contributed by atoms with van der Waals surface area (Å²) in [6.45, 7) is 2.19. The van der Waals surface area contributed by atoms with Gasteiger partial charge < -0.3 is 19.7 Å². The van der Waals surface area contributed by atoms with Gasteiger partial charge in [0.05, 0.1) is 27.6 Å². The van der Waals surface area contributed by atoms with Crippen LogP contribution in [0.15, 0.2) is 101 Å². The zero-order valence-corrected chi connectivity index (χ0v) is 36.5. The summed E-state index contributed by atoms with van der Waals surface area (Å²) in [6, 6.07) is 15.7. The lowest BCUT2D eigenvalue weighted by Crippen LogP contribution is -2.50. The molecule has 2 N–H and O–H groups in total. The van der Waals surface area contributed by atoms with E-state index in [1.807, 2.05) is 0 Å². The number of benzene rings is 5. The number of aromatic nitrogens is 4. The Kier molecular flexibility index (Phi) is 11.7. The SMILES string of the molecule is CC(c1ccc(Oc2ccc(C(=O)OC(c3ccc4c(c3)n(C)c(=O)n4C)(C(C)c3ccc(O)cc3Cl)C(F)(F)F)cc2F)cc1Cl)C(O)(c1ccc2c(c1)n(C)c(=O)n2C)C(F)(F)F. The van der Waals surface area contributed by atoms with Crippen molar-refractivity contribution in [1.29, 1.82) is 0 Å². The molecule has 4 unspecified atom stereocenters. The number of esters is 1. The van der Waals surface area contributed by atoms with Crippen LogP contribution in [0.25, 0.3) is 22.1 Å². The molecule has 342 valence electrons. The maximum atomic E-state index is 15.8. The van der Waals surface area contributed by atoms with Crippen molar-refractivity contribution in [1.82, 2.24) is 18.3 Å². The molecule has 4 atom stereocenters. The second-order valence-corrected chi connectivity index (χ2v) is 16.5. The Balaban J connectivity index is 1.21. The fraction of sp³-hybridized carbons (Fsp3) is 0.267. The minimum absolute atomic E-state index is 0.0638. The van der Waals surface area contributed by atoms with Gasteiger partial charge in [-0.15, -0.1) is 0 Å². The number of imidazole rings is 2. The second-order valence-electron chi connectivity index (χ2n) is 15.7. The number of phenolic OH excluding ortho intramolecular Hbond substituents is 1. The number of alkyl halides is 6. The van der Waals surface area contributed by atoms with Crippen molar-refractivity contribution >= 4 is 51.2 Å². The number of rotatable bonds is 10. The van der Waals surface area contributed by atoms with E-state index in [4.69, 9.17) is 32.7 Å². The van der Waals surface area contributed by atoms with Gasteiger partial charge in [0.25, 0.3) is 0 Å². The molecule has 0 aliphatic heterocycles. The van der Waals surface area contributed by atoms with E-state index in [1.165, 1.54) is 49.5 Å². The van der Waals surface area contributed by atoms with Crippen molar-refractivity contribution in [3.63, 3.8) is 0 Å². The summed E-state index contributed by atoms with van der Waals surface area (Å²) in [5.74, 6) is -7.63. The number of nitrogens with zero attached hydrogens (tertiary/aromatic N) is 4. The highest BCUT2D eigenvalue weighted by atomic mass is 35.5. The van der Waals surface area contributed by atoms with Crippen molar-refractivity contribution in [3.05, 3.63) is 156 Å². The lowest BCUT2D eigenvalue weighted by atomic mass is 9.77. The summed E-state index contributed by atoms with van der Waals surface area (Å²) in [6.07, 6.45) is -10.7. The van der Waals surface area contributed by atoms with E-state index >= 15 is 17.6 Å². The molecule has 2 heterocycles. The number of aliphatic hydroxyl groups is 1. The number of aromatic hydroxyl groups is 1. The summed E-state index contributed by atoms with van der Waals surface area (Å²) in [5.41, 5.74) is -9.58. The quantitative estimate of drug-likeness (QED) is 0.103. The van der Waals surface area contributed by atoms with E-state index in [-0.39, 0.29) is 49.2 Å². The van der Waals surface area contributed by atoms with Crippen LogP contribution in [0.5, 0.6) is 17.2 Å². The number of hydrogen-bond acceptors (Lipinski definition) is 7. The van der Waals surface area contributed by atoms with Crippen LogP contribution in [0.3, 0.4) is 0 Å². The smallest absolute Gasteiger partial charge is 0.433 e. The first-order chi connectivity index (χ1) is 30.2. The van der Waals surface area contributed by atoms with Gasteiger partial charge >= 0.3 is 29.7 Å². The van der Waals surface area contributed by atoms with Gasteiger partial charge in [-0.1, -0.05) is 61.3 Å². The van der Waals surface area contributed by atoms with Crippen LogP contribution in [-0.4, -0.2) is 46.8 Å². The molecule has 11 nitrogen and oxygen atoms in total. The fourth-order valence-electron chi connectivity index (χ4n) is 8.28. The molecule has 0 spiro atoms. The fourth-order valence-corrected chi connectivity index (χ4v) is 8.95. The van der Waals surface area contributed by atoms with E-state index in [1.54, 1.807) is 0 Å². The first-order valence-corrected chi connectivity index (χ1v) is 20.2. The largest absolute Gasteiger partial charge is 0.508 e. The van der Waals surface area contributed by atoms with Crippen molar-refractivity contribution in [3.8, 4) is 17.2 Å². The molecule has 65 heavy (non-hydrogen) atoms. The summed E-state index contributed by atoms with van der Waals surface area (Å²) >= 11 is 12.8. The number of aryl methyl sites for hydroxylation is 4. The van der Waals surface area contributed by atoms with Gasteiger partial charge in [-0.2, -0.15) is 26.3 Å². The van der Waals surface area contributed by atoms with Crippen LogP contribution in [-0.2, 0) is 44.1 Å². The Morgan fingerprint density at radius 3 is 1.66 bits per heavy atom. The molecule has 20 heteroatoms. The molecule has 2 aromatic heterocycles. The first-order valence-electron chi connectivity index (χ1n) is 19.4. The number of halogens is 9. The molecule has 7 aromatic rings. The lowest BCUT2D eigenvalue weighted by molar-refractivity contribution is -0.274. The normalized spacial score (nSPS) is 15.1. The average molecular weight is 950 g/mol. The van der Waals surface area contributed by atoms with E-state index in [0.717, 1.165) is 95.8 Å². The molecule has 0 aliphatic carbocycles. The third-order valence-electron chi connectivity index (χ3n) is 12.0. The summed E-state index contributed by atoms with van der Waals surface area (Å²) in [5, 5.41) is 20.8. The highest BCUT2D eigenvalue weighted by Gasteiger charge is 2.64. The minimum atomic E-state index is -5.40. The molecule has 0 saturated carbocycles. The predicted octanol–water partition coefficient (Wildman–Crippen LogP) is 9.98. The molecule has 0 aliphatic rings. The van der Waals surface area contributed by atoms with Gasteiger partial charge in [0.15, 0.2) is 17.2 Å². The zero-order valence-electron chi connectivity index (χ0n) is 34.9. The van der Waals surface area contributed by atoms with Crippen LogP contribution in [0.2, 0.25) is 10.0 Å². The van der Waals surface area contributed by atoms with Crippen LogP contribution in [0.1, 0.15) is 58.3 Å². The molecule has 0 radical (unpaired) electrons. The molecular formula is C45H37Cl2F7N4O7. The van der Waals surface area contributed by atoms with E-state index in [2.05, 4.69) is 0 Å². The van der Waals surface area contributed by atoms with Gasteiger partial charge in [-0.25, -0.2) is 18.8 Å². The van der Waals surface area contributed by atoms with Gasteiger partial charge in [0.1, 0.15) is 11.5 Å². The first kappa shape index (κ1) is 46.7. The molecule has 0 saturated heterocycles. The van der Waals surface area contributed by atoms with E-state index in [9.17, 15) is 37.8 Å². The van der Waals surface area contributed by atoms with Gasteiger partial charge in [0, 0.05) is 55.6 Å². The highest BCUT2D eigenvalue weighted by Crippen LogP contribution is 2.54. The summed E-state index contributed by atoms with van der Waals surface area (Å²) < 4.78 is 124. The molecule has 0 amide bonds. The third-order valence-corrected chi connectivity index (χ3v) is 12.7. The average Bonchev–Trinajstić information content (AvgIpc) is 3.59. The molecular weight excluding hydrogens is 912 g/mol. The zero-order chi connectivity index (χ0) is 47.9. The number of fused-ring (bicyclic) bond motifs is 2. The number of ether oxygens (including phenoxy) is 2. The van der Waals surface area contributed by atoms with Crippen LogP contribution in [0, 0.1) is 5.82 Å². The standard InChI is InChI=1S/C45H37Cl2F7N4O7/c1-22(42(63,44(49,50)51)25-8-14-34-36(18-25)57(5)40(61)55(34)3)29-13-11-28(21-32(29)47)64-38-16-7-24(17-33(38)48)39(60)65-43(45(52,53)54,23(2)30-12-10-27(59)20-31(30)46)26-9-15-35-37(19-26)58(6)41(62)56(35)4/h7-23,59,63H,1-6H3. The van der Waals surface area contributed by atoms with Crippen molar-refractivity contribution in [2.24, 2.45) is 28.2 Å². The maximum absolute atomic E-state index is 15.8. The third kappa shape index (κ3) is 7.60. The number of carbonyl (C=O) groups excluding carboxylic acids is 1. The Morgan fingerprint density at radius 2 is 1.14 bits per heavy atom. The minimum Gasteiger partial charge on any atom is -0.508 e. The van der Waals surface area contributed by atoms with Gasteiger partial charge in [-0.3, -0.25) is 18.3 Å². The molecule has 0 bridgehead atoms. The topological polar surface area (TPSA) is 130 Å². The Bertz CT molecular complexity index is 3180. The van der Waals surface area contributed by atoms with Crippen LogP contribution < -0.4 is 16.1 Å². The molecule has 0 fully saturated rings. The van der Waals surface area contributed by atoms with E-state index in [0.29, 0.717) is 11.6 Å². The summed E-state index contributed by atoms with van der Waals surface area (Å²) in [4.78, 5) is 39.0. The number of phenols is 1. The second kappa shape index (κ2) is 16.3. The van der Waals surface area contributed by atoms with Crippen molar-refractivity contribution in [2.75, 3.05) is 0 Å². The van der Waals surface area contributed by atoms with Gasteiger partial charge in [-0.05, 0) is 83.4 Å². The summed E-state index contributed by atoms with van der Waals surface area (Å²) in [7, 11) is 5.59. The lowest BCUT2D eigenvalue weighted by Gasteiger charge is -2.40. The predicted molar refractivity (Wildman–Crippen MR) is 227 cm³/mol. The van der Waals surface area contributed by atoms with Crippen molar-refractivity contribution < 1.29 is 55.2 Å². The Labute approximate surface area is 374 Å². The number of carbonyl (C=O) groups is 1. The van der Waals surface area contributed by atoms with E-state index < -0.39 is 81.0 Å². The highest BCUT2D eigenvalue weighted by molar-refractivity contribution is 6.32. The number of hydrogen-bond donors (Lipinski definition) is 2. The van der Waals surface area contributed by atoms with Crippen LogP contribution >= 0.6 is 23.2 Å². The monoisotopic (exact) mass is 948 g/mol. The Hall–Kier alpha value is -6.24. The maximum Gasteiger partial charge on any atom is 0.433 e.